The van der Waals surface area contributed by atoms with Gasteiger partial charge in [0.05, 0.1) is 12.3 Å². The SMILES string of the molecule is Cn1cc(C(CN)CO)c(C2CCOCC2)n1. The van der Waals surface area contributed by atoms with Gasteiger partial charge in [-0.3, -0.25) is 4.68 Å². The molecule has 17 heavy (non-hydrogen) atoms. The summed E-state index contributed by atoms with van der Waals surface area (Å²) < 4.78 is 7.19. The first kappa shape index (κ1) is 12.5. The lowest BCUT2D eigenvalue weighted by Gasteiger charge is -2.23. The Bertz CT molecular complexity index is 355. The lowest BCUT2D eigenvalue weighted by molar-refractivity contribution is 0.0840. The van der Waals surface area contributed by atoms with Gasteiger partial charge in [-0.1, -0.05) is 0 Å². The number of hydrogen-bond donors (Lipinski definition) is 2. The number of aliphatic hydroxyl groups excluding tert-OH is 1. The van der Waals surface area contributed by atoms with Crippen LogP contribution in [-0.2, 0) is 11.8 Å². The molecule has 0 aromatic carbocycles. The molecule has 1 fully saturated rings. The van der Waals surface area contributed by atoms with Gasteiger partial charge in [0.25, 0.3) is 0 Å². The standard InChI is InChI=1S/C12H21N3O2/c1-15-7-11(10(6-13)8-16)12(14-15)9-2-4-17-5-3-9/h7,9-10,16H,2-6,8,13H2,1H3. The van der Waals surface area contributed by atoms with Crippen LogP contribution in [0.2, 0.25) is 0 Å². The molecule has 0 radical (unpaired) electrons. The van der Waals surface area contributed by atoms with Crippen molar-refractivity contribution in [2.24, 2.45) is 12.8 Å². The molecule has 96 valence electrons. The first-order chi connectivity index (χ1) is 8.26. The molecule has 3 N–H and O–H groups in total. The highest BCUT2D eigenvalue weighted by Crippen LogP contribution is 2.31. The zero-order chi connectivity index (χ0) is 12.3. The van der Waals surface area contributed by atoms with Crippen LogP contribution >= 0.6 is 0 Å². The number of nitrogens with zero attached hydrogens (tertiary/aromatic N) is 2. The lowest BCUT2D eigenvalue weighted by atomic mass is 9.89. The van der Waals surface area contributed by atoms with E-state index in [2.05, 4.69) is 5.10 Å². The summed E-state index contributed by atoms with van der Waals surface area (Å²) in [6, 6.07) is 0. The minimum absolute atomic E-state index is 0.00143. The van der Waals surface area contributed by atoms with Gasteiger partial charge < -0.3 is 15.6 Å². The van der Waals surface area contributed by atoms with E-state index in [1.165, 1.54) is 0 Å². The van der Waals surface area contributed by atoms with Gasteiger partial charge in [0, 0.05) is 50.4 Å². The smallest absolute Gasteiger partial charge is 0.0693 e. The number of aliphatic hydroxyl groups is 1. The summed E-state index contributed by atoms with van der Waals surface area (Å²) in [5.74, 6) is 0.446. The largest absolute Gasteiger partial charge is 0.396 e. The van der Waals surface area contributed by atoms with Crippen molar-refractivity contribution < 1.29 is 9.84 Å². The summed E-state index contributed by atoms with van der Waals surface area (Å²) in [5.41, 5.74) is 7.90. The number of aryl methyl sites for hydroxylation is 1. The zero-order valence-corrected chi connectivity index (χ0v) is 10.3. The van der Waals surface area contributed by atoms with E-state index in [1.54, 1.807) is 0 Å². The Balaban J connectivity index is 2.25. The Labute approximate surface area is 102 Å². The Morgan fingerprint density at radius 1 is 1.59 bits per heavy atom. The van der Waals surface area contributed by atoms with Gasteiger partial charge >= 0.3 is 0 Å². The van der Waals surface area contributed by atoms with Gasteiger partial charge in [0.15, 0.2) is 0 Å². The summed E-state index contributed by atoms with van der Waals surface area (Å²) in [7, 11) is 1.91. The molecule has 1 unspecified atom stereocenters. The predicted octanol–water partition coefficient (Wildman–Crippen LogP) is 0.349. The molecule has 1 aromatic heterocycles. The Morgan fingerprint density at radius 3 is 2.88 bits per heavy atom. The van der Waals surface area contributed by atoms with Crippen molar-refractivity contribution in [3.05, 3.63) is 17.5 Å². The van der Waals surface area contributed by atoms with Crippen LogP contribution in [0.25, 0.3) is 0 Å². The Kier molecular flexibility index (Phi) is 4.15. The molecule has 2 rings (SSSR count). The predicted molar refractivity (Wildman–Crippen MR) is 64.9 cm³/mol. The summed E-state index contributed by atoms with van der Waals surface area (Å²) in [6.45, 7) is 2.14. The molecule has 1 aliphatic heterocycles. The van der Waals surface area contributed by atoms with E-state index in [4.69, 9.17) is 10.5 Å². The first-order valence-corrected chi connectivity index (χ1v) is 6.18. The maximum atomic E-state index is 9.37. The molecule has 0 aliphatic carbocycles. The maximum Gasteiger partial charge on any atom is 0.0693 e. The van der Waals surface area contributed by atoms with Crippen LogP contribution in [0.4, 0.5) is 0 Å². The molecule has 0 bridgehead atoms. The molecule has 5 nitrogen and oxygen atoms in total. The van der Waals surface area contributed by atoms with Crippen LogP contribution in [0.3, 0.4) is 0 Å². The van der Waals surface area contributed by atoms with Gasteiger partial charge in [-0.05, 0) is 12.8 Å². The number of aromatic nitrogens is 2. The highest BCUT2D eigenvalue weighted by Gasteiger charge is 2.25. The monoisotopic (exact) mass is 239 g/mol. The molecule has 0 saturated carbocycles. The van der Waals surface area contributed by atoms with Gasteiger partial charge in [-0.25, -0.2) is 0 Å². The van der Waals surface area contributed by atoms with Crippen LogP contribution in [0.1, 0.15) is 35.9 Å². The highest BCUT2D eigenvalue weighted by atomic mass is 16.5. The quantitative estimate of drug-likeness (QED) is 0.795. The second-order valence-electron chi connectivity index (χ2n) is 4.65. The second kappa shape index (κ2) is 5.62. The molecule has 1 atom stereocenters. The molecule has 2 heterocycles. The number of rotatable bonds is 4. The van der Waals surface area contributed by atoms with Crippen molar-refractivity contribution in [2.45, 2.75) is 24.7 Å². The van der Waals surface area contributed by atoms with E-state index in [1.807, 2.05) is 17.9 Å². The summed E-state index contributed by atoms with van der Waals surface area (Å²) >= 11 is 0. The fourth-order valence-corrected chi connectivity index (χ4v) is 2.43. The van der Waals surface area contributed by atoms with E-state index in [0.717, 1.165) is 37.3 Å². The van der Waals surface area contributed by atoms with Crippen LogP contribution in [0.5, 0.6) is 0 Å². The highest BCUT2D eigenvalue weighted by molar-refractivity contribution is 5.26. The van der Waals surface area contributed by atoms with Crippen molar-refractivity contribution in [1.82, 2.24) is 9.78 Å². The number of ether oxygens (including phenoxy) is 1. The average molecular weight is 239 g/mol. The van der Waals surface area contributed by atoms with Crippen molar-refractivity contribution in [1.29, 1.82) is 0 Å². The lowest BCUT2D eigenvalue weighted by Crippen LogP contribution is -2.20. The van der Waals surface area contributed by atoms with E-state index in [9.17, 15) is 5.11 Å². The van der Waals surface area contributed by atoms with Crippen LogP contribution in [0.15, 0.2) is 6.20 Å². The minimum Gasteiger partial charge on any atom is -0.396 e. The third kappa shape index (κ3) is 2.68. The number of hydrogen-bond acceptors (Lipinski definition) is 4. The Morgan fingerprint density at radius 2 is 2.29 bits per heavy atom. The molecular formula is C12H21N3O2. The van der Waals surface area contributed by atoms with Crippen molar-refractivity contribution >= 4 is 0 Å². The zero-order valence-electron chi connectivity index (χ0n) is 10.3. The van der Waals surface area contributed by atoms with Crippen LogP contribution in [-0.4, -0.2) is 41.3 Å². The second-order valence-corrected chi connectivity index (χ2v) is 4.65. The summed E-state index contributed by atoms with van der Waals surface area (Å²) in [6.07, 6.45) is 4.00. The maximum absolute atomic E-state index is 9.37. The third-order valence-corrected chi connectivity index (χ3v) is 3.44. The van der Waals surface area contributed by atoms with Gasteiger partial charge in [0.1, 0.15) is 0 Å². The fraction of sp³-hybridized carbons (Fsp3) is 0.750. The van der Waals surface area contributed by atoms with Crippen LogP contribution in [0, 0.1) is 0 Å². The Hall–Kier alpha value is -0.910. The first-order valence-electron chi connectivity index (χ1n) is 6.18. The molecule has 1 aromatic rings. The average Bonchev–Trinajstić information content (AvgIpc) is 2.74. The van der Waals surface area contributed by atoms with Gasteiger partial charge in [-0.2, -0.15) is 5.10 Å². The van der Waals surface area contributed by atoms with Gasteiger partial charge in [-0.15, -0.1) is 0 Å². The molecule has 1 aliphatic rings. The minimum atomic E-state index is 0.00143. The molecular weight excluding hydrogens is 218 g/mol. The number of nitrogens with two attached hydrogens (primary N) is 1. The van der Waals surface area contributed by atoms with E-state index < -0.39 is 0 Å². The third-order valence-electron chi connectivity index (χ3n) is 3.44. The topological polar surface area (TPSA) is 73.3 Å². The van der Waals surface area contributed by atoms with Crippen molar-refractivity contribution in [3.8, 4) is 0 Å². The molecule has 1 saturated heterocycles. The summed E-state index contributed by atoms with van der Waals surface area (Å²) in [4.78, 5) is 0. The fourth-order valence-electron chi connectivity index (χ4n) is 2.43. The van der Waals surface area contributed by atoms with E-state index >= 15 is 0 Å². The van der Waals surface area contributed by atoms with Gasteiger partial charge in [0.2, 0.25) is 0 Å². The molecule has 0 spiro atoms. The molecule has 0 amide bonds. The van der Waals surface area contributed by atoms with Crippen molar-refractivity contribution in [2.75, 3.05) is 26.4 Å². The normalized spacial score (nSPS) is 19.5. The molecule has 5 heteroatoms. The van der Waals surface area contributed by atoms with Crippen molar-refractivity contribution in [3.63, 3.8) is 0 Å². The van der Waals surface area contributed by atoms with E-state index in [-0.39, 0.29) is 12.5 Å². The summed E-state index contributed by atoms with van der Waals surface area (Å²) in [5, 5.41) is 13.9. The van der Waals surface area contributed by atoms with Crippen LogP contribution < -0.4 is 5.73 Å². The van der Waals surface area contributed by atoms with E-state index in [0.29, 0.717) is 12.5 Å².